The summed E-state index contributed by atoms with van der Waals surface area (Å²) in [7, 11) is 0. The smallest absolute Gasteiger partial charge is 0.335 e. The van der Waals surface area contributed by atoms with Crippen LogP contribution in [0.4, 0.5) is 0 Å². The molecule has 1 aromatic carbocycles. The zero-order chi connectivity index (χ0) is 14.0. The molecule has 1 N–H and O–H groups in total. The van der Waals surface area contributed by atoms with E-state index in [9.17, 15) is 4.79 Å². The number of carboxylic acids is 1. The van der Waals surface area contributed by atoms with E-state index in [0.717, 1.165) is 35.5 Å². The van der Waals surface area contributed by atoms with E-state index in [0.29, 0.717) is 5.56 Å². The van der Waals surface area contributed by atoms with Gasteiger partial charge in [-0.05, 0) is 38.0 Å². The van der Waals surface area contributed by atoms with E-state index in [-0.39, 0.29) is 0 Å². The minimum atomic E-state index is -0.901. The van der Waals surface area contributed by atoms with E-state index in [4.69, 9.17) is 5.11 Å². The molecule has 2 aromatic rings. The van der Waals surface area contributed by atoms with Crippen molar-refractivity contribution in [1.82, 2.24) is 9.78 Å². The first-order chi connectivity index (χ1) is 9.04. The molecule has 4 nitrogen and oxygen atoms in total. The molecule has 0 unspecified atom stereocenters. The second-order valence-electron chi connectivity index (χ2n) is 4.65. The van der Waals surface area contributed by atoms with Crippen molar-refractivity contribution >= 4 is 5.97 Å². The van der Waals surface area contributed by atoms with Crippen molar-refractivity contribution in [3.8, 4) is 11.1 Å². The normalized spacial score (nSPS) is 10.7. The molecule has 0 bridgehead atoms. The Morgan fingerprint density at radius 1 is 1.26 bits per heavy atom. The number of carboxylic acid groups (broad SMARTS) is 1. The van der Waals surface area contributed by atoms with Gasteiger partial charge in [0.15, 0.2) is 0 Å². The molecule has 0 aliphatic rings. The number of rotatable bonds is 4. The maximum atomic E-state index is 10.9. The van der Waals surface area contributed by atoms with Gasteiger partial charge >= 0.3 is 5.97 Å². The lowest BCUT2D eigenvalue weighted by molar-refractivity contribution is 0.0697. The summed E-state index contributed by atoms with van der Waals surface area (Å²) in [6.07, 6.45) is 1.04. The van der Waals surface area contributed by atoms with E-state index in [1.165, 1.54) is 0 Å². The van der Waals surface area contributed by atoms with Gasteiger partial charge in [0.05, 0.1) is 11.3 Å². The summed E-state index contributed by atoms with van der Waals surface area (Å²) >= 11 is 0. The Hall–Kier alpha value is -2.10. The lowest BCUT2D eigenvalue weighted by Gasteiger charge is -2.04. The van der Waals surface area contributed by atoms with Gasteiger partial charge in [-0.1, -0.05) is 19.1 Å². The predicted octanol–water partition coefficient (Wildman–Crippen LogP) is 3.28. The highest BCUT2D eigenvalue weighted by Gasteiger charge is 2.13. The zero-order valence-electron chi connectivity index (χ0n) is 11.5. The Kier molecular flexibility index (Phi) is 3.69. The van der Waals surface area contributed by atoms with Gasteiger partial charge in [-0.25, -0.2) is 4.79 Å². The van der Waals surface area contributed by atoms with Crippen LogP contribution in [0.3, 0.4) is 0 Å². The average molecular weight is 258 g/mol. The molecule has 1 aromatic heterocycles. The number of carbonyl (C=O) groups is 1. The Bertz CT molecular complexity index is 597. The number of hydrogen-bond donors (Lipinski definition) is 1. The van der Waals surface area contributed by atoms with Crippen LogP contribution in [0.5, 0.6) is 0 Å². The second kappa shape index (κ2) is 5.26. The monoisotopic (exact) mass is 258 g/mol. The van der Waals surface area contributed by atoms with Crippen LogP contribution in [0.2, 0.25) is 0 Å². The lowest BCUT2D eigenvalue weighted by atomic mass is 10.0. The Morgan fingerprint density at radius 2 is 1.89 bits per heavy atom. The molecule has 0 spiro atoms. The molecule has 0 aliphatic carbocycles. The molecule has 19 heavy (non-hydrogen) atoms. The minimum Gasteiger partial charge on any atom is -0.478 e. The zero-order valence-corrected chi connectivity index (χ0v) is 11.5. The molecular formula is C15H18N2O2. The first kappa shape index (κ1) is 13.3. The Morgan fingerprint density at radius 3 is 2.42 bits per heavy atom. The molecule has 0 aliphatic heterocycles. The van der Waals surface area contributed by atoms with E-state index in [2.05, 4.69) is 18.9 Å². The summed E-state index contributed by atoms with van der Waals surface area (Å²) in [5.74, 6) is -0.901. The topological polar surface area (TPSA) is 55.1 Å². The highest BCUT2D eigenvalue weighted by Crippen LogP contribution is 2.27. The average Bonchev–Trinajstić information content (AvgIpc) is 2.65. The van der Waals surface area contributed by atoms with Crippen molar-refractivity contribution in [1.29, 1.82) is 0 Å². The molecule has 0 radical (unpaired) electrons. The first-order valence-electron chi connectivity index (χ1n) is 6.42. The number of benzene rings is 1. The fraction of sp³-hybridized carbons (Fsp3) is 0.333. The summed E-state index contributed by atoms with van der Waals surface area (Å²) in [5, 5.41) is 13.4. The van der Waals surface area contributed by atoms with Crippen molar-refractivity contribution in [2.45, 2.75) is 33.7 Å². The van der Waals surface area contributed by atoms with Gasteiger partial charge in [0, 0.05) is 17.8 Å². The minimum absolute atomic E-state index is 0.306. The van der Waals surface area contributed by atoms with Crippen molar-refractivity contribution in [3.63, 3.8) is 0 Å². The Labute approximate surface area is 112 Å². The van der Waals surface area contributed by atoms with Crippen LogP contribution in [0.1, 0.15) is 35.1 Å². The number of aryl methyl sites for hydroxylation is 2. The SMILES string of the molecule is CCCn1nc(C)c(-c2ccc(C(=O)O)cc2)c1C. The molecule has 0 saturated heterocycles. The molecule has 1 heterocycles. The molecule has 0 amide bonds. The summed E-state index contributed by atoms with van der Waals surface area (Å²) in [5.41, 5.74) is 4.53. The van der Waals surface area contributed by atoms with Gasteiger partial charge in [-0.2, -0.15) is 5.10 Å². The second-order valence-corrected chi connectivity index (χ2v) is 4.65. The third-order valence-corrected chi connectivity index (χ3v) is 3.24. The van der Waals surface area contributed by atoms with Gasteiger partial charge in [0.25, 0.3) is 0 Å². The van der Waals surface area contributed by atoms with Crippen molar-refractivity contribution in [2.24, 2.45) is 0 Å². The predicted molar refractivity (Wildman–Crippen MR) is 74.4 cm³/mol. The summed E-state index contributed by atoms with van der Waals surface area (Å²) < 4.78 is 2.01. The molecule has 0 saturated carbocycles. The molecule has 2 rings (SSSR count). The first-order valence-corrected chi connectivity index (χ1v) is 6.42. The maximum Gasteiger partial charge on any atom is 0.335 e. The molecule has 4 heteroatoms. The van der Waals surface area contributed by atoms with Crippen LogP contribution in [0.15, 0.2) is 24.3 Å². The van der Waals surface area contributed by atoms with Crippen molar-refractivity contribution in [2.75, 3.05) is 0 Å². The quantitative estimate of drug-likeness (QED) is 0.915. The van der Waals surface area contributed by atoms with E-state index in [1.54, 1.807) is 12.1 Å². The van der Waals surface area contributed by atoms with Crippen LogP contribution >= 0.6 is 0 Å². The third kappa shape index (κ3) is 2.52. The molecule has 0 atom stereocenters. The number of aromatic nitrogens is 2. The van der Waals surface area contributed by atoms with Gasteiger partial charge in [0.1, 0.15) is 0 Å². The van der Waals surface area contributed by atoms with Gasteiger partial charge in [-0.15, -0.1) is 0 Å². The summed E-state index contributed by atoms with van der Waals surface area (Å²) in [6, 6.07) is 6.95. The van der Waals surface area contributed by atoms with E-state index >= 15 is 0 Å². The molecule has 100 valence electrons. The van der Waals surface area contributed by atoms with Gasteiger partial charge < -0.3 is 5.11 Å². The fourth-order valence-electron chi connectivity index (χ4n) is 2.32. The molecule has 0 fully saturated rings. The van der Waals surface area contributed by atoms with Crippen molar-refractivity contribution in [3.05, 3.63) is 41.2 Å². The highest BCUT2D eigenvalue weighted by molar-refractivity contribution is 5.88. The van der Waals surface area contributed by atoms with Crippen LogP contribution < -0.4 is 0 Å². The van der Waals surface area contributed by atoms with Crippen LogP contribution in [-0.4, -0.2) is 20.9 Å². The van der Waals surface area contributed by atoms with Crippen LogP contribution in [0, 0.1) is 13.8 Å². The van der Waals surface area contributed by atoms with Crippen LogP contribution in [0.25, 0.3) is 11.1 Å². The third-order valence-electron chi connectivity index (χ3n) is 3.24. The fourth-order valence-corrected chi connectivity index (χ4v) is 2.32. The highest BCUT2D eigenvalue weighted by atomic mass is 16.4. The summed E-state index contributed by atoms with van der Waals surface area (Å²) in [6.45, 7) is 7.06. The number of nitrogens with zero attached hydrogens (tertiary/aromatic N) is 2. The van der Waals surface area contributed by atoms with Crippen molar-refractivity contribution < 1.29 is 9.90 Å². The van der Waals surface area contributed by atoms with E-state index < -0.39 is 5.97 Å². The number of hydrogen-bond acceptors (Lipinski definition) is 2. The summed E-state index contributed by atoms with van der Waals surface area (Å²) in [4.78, 5) is 10.9. The standard InChI is InChI=1S/C15H18N2O2/c1-4-9-17-11(3)14(10(2)16-17)12-5-7-13(8-6-12)15(18)19/h5-8H,4,9H2,1-3H3,(H,18,19). The van der Waals surface area contributed by atoms with Gasteiger partial charge in [-0.3, -0.25) is 4.68 Å². The maximum absolute atomic E-state index is 10.9. The lowest BCUT2D eigenvalue weighted by Crippen LogP contribution is -2.01. The van der Waals surface area contributed by atoms with E-state index in [1.807, 2.05) is 23.7 Å². The van der Waals surface area contributed by atoms with Gasteiger partial charge in [0.2, 0.25) is 0 Å². The van der Waals surface area contributed by atoms with Crippen LogP contribution in [-0.2, 0) is 6.54 Å². The molecular weight excluding hydrogens is 240 g/mol. The Balaban J connectivity index is 2.44. The largest absolute Gasteiger partial charge is 0.478 e. The number of aromatic carboxylic acids is 1.